The number of hydrogen-bond donors (Lipinski definition) is 2. The summed E-state index contributed by atoms with van der Waals surface area (Å²) in [5.41, 5.74) is 1.24. The van der Waals surface area contributed by atoms with Crippen LogP contribution in [0.5, 0.6) is 0 Å². The fraction of sp³-hybridized carbons (Fsp3) is 0.400. The zero-order chi connectivity index (χ0) is 20.8. The van der Waals surface area contributed by atoms with E-state index in [0.29, 0.717) is 38.3 Å². The van der Waals surface area contributed by atoms with Crippen LogP contribution < -0.4 is 10.6 Å². The minimum absolute atomic E-state index is 0.0975. The van der Waals surface area contributed by atoms with Crippen LogP contribution in [0.25, 0.3) is 0 Å². The highest BCUT2D eigenvalue weighted by molar-refractivity contribution is 5.99. The summed E-state index contributed by atoms with van der Waals surface area (Å²) in [6.45, 7) is 3.73. The average Bonchev–Trinajstić information content (AvgIpc) is 3.09. The van der Waals surface area contributed by atoms with Gasteiger partial charge in [0.1, 0.15) is 11.5 Å². The Bertz CT molecular complexity index is 894. The van der Waals surface area contributed by atoms with Crippen molar-refractivity contribution in [3.05, 3.63) is 53.1 Å². The summed E-state index contributed by atoms with van der Waals surface area (Å²) >= 11 is 0. The Balaban J connectivity index is 1.67. The van der Waals surface area contributed by atoms with Crippen molar-refractivity contribution in [3.63, 3.8) is 0 Å². The number of carbonyl (C=O) groups is 3. The van der Waals surface area contributed by atoms with Crippen molar-refractivity contribution >= 4 is 17.7 Å². The van der Waals surface area contributed by atoms with Crippen LogP contribution >= 0.6 is 0 Å². The first-order valence-corrected chi connectivity index (χ1v) is 9.64. The molecule has 0 unspecified atom stereocenters. The molecule has 3 rings (SSSR count). The number of hydrogen-bond acceptors (Lipinski definition) is 4. The fourth-order valence-electron chi connectivity index (χ4n) is 3.08. The molecule has 2 N–H and O–H groups in total. The summed E-state index contributed by atoms with van der Waals surface area (Å²) in [6.07, 6.45) is 1.49. The second kappa shape index (κ2) is 9.31. The zero-order valence-corrected chi connectivity index (χ0v) is 16.3. The molecule has 0 fully saturated rings. The average molecular weight is 401 g/mol. The summed E-state index contributed by atoms with van der Waals surface area (Å²) in [4.78, 5) is 38.5. The van der Waals surface area contributed by atoms with Gasteiger partial charge in [0.2, 0.25) is 5.91 Å². The number of aryl methyl sites for hydroxylation is 1. The number of aromatic nitrogens is 2. The maximum atomic E-state index is 13.1. The number of rotatable bonds is 7. The lowest BCUT2D eigenvalue weighted by molar-refractivity contribution is -0.120. The number of benzene rings is 1. The summed E-state index contributed by atoms with van der Waals surface area (Å²) in [7, 11) is 0. The van der Waals surface area contributed by atoms with Gasteiger partial charge in [0, 0.05) is 32.2 Å². The van der Waals surface area contributed by atoms with Crippen molar-refractivity contribution in [1.29, 1.82) is 0 Å². The topological polar surface area (TPSA) is 96.3 Å². The molecule has 0 bridgehead atoms. The first-order chi connectivity index (χ1) is 14.0. The van der Waals surface area contributed by atoms with E-state index in [2.05, 4.69) is 15.7 Å². The molecule has 0 atom stereocenters. The predicted octanol–water partition coefficient (Wildman–Crippen LogP) is 1.32. The molecule has 0 saturated carbocycles. The molecule has 0 radical (unpaired) electrons. The Morgan fingerprint density at radius 2 is 1.93 bits per heavy atom. The Hall–Kier alpha value is -3.23. The molecule has 154 valence electrons. The van der Waals surface area contributed by atoms with Gasteiger partial charge in [-0.3, -0.25) is 19.1 Å². The van der Waals surface area contributed by atoms with E-state index in [-0.39, 0.29) is 29.9 Å². The Morgan fingerprint density at radius 1 is 1.17 bits per heavy atom. The Kier molecular flexibility index (Phi) is 6.58. The third-order valence-corrected chi connectivity index (χ3v) is 4.59. The van der Waals surface area contributed by atoms with Crippen molar-refractivity contribution in [2.24, 2.45) is 0 Å². The van der Waals surface area contributed by atoms with E-state index in [1.807, 2.05) is 6.92 Å². The summed E-state index contributed by atoms with van der Waals surface area (Å²) in [5.74, 6) is -1.34. The molecule has 3 amide bonds. The molecule has 0 saturated heterocycles. The van der Waals surface area contributed by atoms with Gasteiger partial charge < -0.3 is 15.5 Å². The van der Waals surface area contributed by atoms with E-state index in [1.54, 1.807) is 17.0 Å². The zero-order valence-electron chi connectivity index (χ0n) is 16.3. The van der Waals surface area contributed by atoms with Crippen LogP contribution in [0.4, 0.5) is 4.39 Å². The maximum absolute atomic E-state index is 13.1. The first-order valence-electron chi connectivity index (χ1n) is 9.64. The highest BCUT2D eigenvalue weighted by Gasteiger charge is 2.26. The van der Waals surface area contributed by atoms with Gasteiger partial charge in [-0.2, -0.15) is 5.10 Å². The summed E-state index contributed by atoms with van der Waals surface area (Å²) in [5, 5.41) is 9.42. The number of nitrogens with one attached hydrogen (secondary N) is 2. The molecule has 0 spiro atoms. The van der Waals surface area contributed by atoms with Crippen LogP contribution in [0.3, 0.4) is 0 Å². The van der Waals surface area contributed by atoms with Gasteiger partial charge >= 0.3 is 0 Å². The van der Waals surface area contributed by atoms with Gasteiger partial charge in [-0.15, -0.1) is 0 Å². The van der Waals surface area contributed by atoms with Crippen LogP contribution in [0.1, 0.15) is 46.3 Å². The van der Waals surface area contributed by atoms with E-state index in [9.17, 15) is 18.8 Å². The van der Waals surface area contributed by atoms with Crippen LogP contribution in [0.2, 0.25) is 0 Å². The minimum Gasteiger partial charge on any atom is -0.355 e. The molecule has 29 heavy (non-hydrogen) atoms. The van der Waals surface area contributed by atoms with Crippen LogP contribution in [0, 0.1) is 5.82 Å². The van der Waals surface area contributed by atoms with E-state index in [0.717, 1.165) is 12.0 Å². The quantitative estimate of drug-likeness (QED) is 0.732. The van der Waals surface area contributed by atoms with Gasteiger partial charge in [-0.05, 0) is 30.5 Å². The third kappa shape index (κ3) is 5.18. The Morgan fingerprint density at radius 3 is 2.66 bits per heavy atom. The van der Waals surface area contributed by atoms with Gasteiger partial charge in [0.05, 0.1) is 6.54 Å². The number of carbonyl (C=O) groups excluding carboxylic acids is 3. The fourth-order valence-corrected chi connectivity index (χ4v) is 3.08. The lowest BCUT2D eigenvalue weighted by Crippen LogP contribution is -2.37. The molecule has 1 aliphatic heterocycles. The van der Waals surface area contributed by atoms with Crippen LogP contribution in [-0.2, 0) is 17.9 Å². The van der Waals surface area contributed by atoms with Crippen molar-refractivity contribution < 1.29 is 18.8 Å². The lowest BCUT2D eigenvalue weighted by Gasteiger charge is -2.20. The van der Waals surface area contributed by atoms with Crippen molar-refractivity contribution in [2.45, 2.75) is 32.9 Å². The number of halogens is 1. The number of nitrogens with zero attached hydrogens (tertiary/aromatic N) is 3. The Labute approximate surface area is 168 Å². The van der Waals surface area contributed by atoms with E-state index in [1.165, 1.54) is 22.9 Å². The first kappa shape index (κ1) is 20.5. The third-order valence-electron chi connectivity index (χ3n) is 4.59. The number of fused-ring (bicyclic) bond motifs is 1. The minimum atomic E-state index is -0.505. The largest absolute Gasteiger partial charge is 0.355 e. The molecule has 1 aromatic carbocycles. The SMILES string of the molecule is CCCNC(=O)CNC(=O)c1cc2n(n1)CCCN(Cc1ccc(F)cc1)C2=O. The smallest absolute Gasteiger partial charge is 0.272 e. The van der Waals surface area contributed by atoms with E-state index < -0.39 is 5.91 Å². The molecular formula is C20H24FN5O3. The van der Waals surface area contributed by atoms with Crippen LogP contribution in [0.15, 0.2) is 30.3 Å². The number of amides is 3. The molecule has 2 heterocycles. The molecule has 1 aliphatic rings. The van der Waals surface area contributed by atoms with Crippen molar-refractivity contribution in [1.82, 2.24) is 25.3 Å². The van der Waals surface area contributed by atoms with Gasteiger partial charge in [-0.25, -0.2) is 4.39 Å². The molecular weight excluding hydrogens is 377 g/mol. The van der Waals surface area contributed by atoms with E-state index >= 15 is 0 Å². The maximum Gasteiger partial charge on any atom is 0.272 e. The highest BCUT2D eigenvalue weighted by atomic mass is 19.1. The highest BCUT2D eigenvalue weighted by Crippen LogP contribution is 2.17. The van der Waals surface area contributed by atoms with Crippen molar-refractivity contribution in [3.8, 4) is 0 Å². The summed E-state index contributed by atoms with van der Waals surface area (Å²) in [6, 6.07) is 7.47. The van der Waals surface area contributed by atoms with E-state index in [4.69, 9.17) is 0 Å². The normalized spacial score (nSPS) is 13.6. The lowest BCUT2D eigenvalue weighted by atomic mass is 10.2. The molecule has 0 aliphatic carbocycles. The second-order valence-electron chi connectivity index (χ2n) is 6.88. The predicted molar refractivity (Wildman–Crippen MR) is 104 cm³/mol. The molecule has 1 aromatic heterocycles. The van der Waals surface area contributed by atoms with Gasteiger partial charge in [0.15, 0.2) is 5.69 Å². The van der Waals surface area contributed by atoms with Crippen molar-refractivity contribution in [2.75, 3.05) is 19.6 Å². The van der Waals surface area contributed by atoms with Gasteiger partial charge in [-0.1, -0.05) is 19.1 Å². The standard InChI is InChI=1S/C20H24FN5O3/c1-2-8-22-18(27)12-23-19(28)16-11-17-20(29)25(9-3-10-26(17)24-16)13-14-4-6-15(21)7-5-14/h4-7,11H,2-3,8-10,12-13H2,1H3,(H,22,27)(H,23,28). The molecule has 9 heteroatoms. The van der Waals surface area contributed by atoms with Gasteiger partial charge in [0.25, 0.3) is 11.8 Å². The molecule has 8 nitrogen and oxygen atoms in total. The second-order valence-corrected chi connectivity index (χ2v) is 6.88. The summed E-state index contributed by atoms with van der Waals surface area (Å²) < 4.78 is 14.6. The monoisotopic (exact) mass is 401 g/mol. The molecule has 2 aromatic rings. The van der Waals surface area contributed by atoms with Crippen LogP contribution in [-0.4, -0.2) is 52.0 Å².